The fraction of sp³-hybridized carbons (Fsp3) is 0.890. The molecule has 3 heterocycles. The van der Waals surface area contributed by atoms with Crippen molar-refractivity contribution in [1.29, 1.82) is 0 Å². The lowest BCUT2D eigenvalue weighted by molar-refractivity contribution is -0.379. The smallest absolute Gasteiger partial charge is 0.220 e. The van der Waals surface area contributed by atoms with E-state index in [1.807, 2.05) is 6.08 Å². The second-order valence-electron chi connectivity index (χ2n) is 29.6. The van der Waals surface area contributed by atoms with Crippen LogP contribution < -0.4 is 5.32 Å². The highest BCUT2D eigenvalue weighted by atomic mass is 16.8. The van der Waals surface area contributed by atoms with E-state index in [1.165, 1.54) is 257 Å². The number of nitrogens with one attached hydrogen (secondary N) is 1. The SMILES string of the molecule is CCCCCCCCCC/C=C\CCCCCCCCCCCCCC(=O)NC(COC1OC(CO)C(OC2OC(CO)C(OC3OC(CO)C(O)C(O)C3O)C(O)C2O)C(O)C1O)C(O)/C=C/CC/C=C/CC/C=C/CCCCCCCCCCCCCCCCCCCCCCCCC. The molecule has 0 spiro atoms. The Bertz CT molecular complexity index is 2010. The fourth-order valence-corrected chi connectivity index (χ4v) is 13.9. The summed E-state index contributed by atoms with van der Waals surface area (Å²) in [5.41, 5.74) is 0. The van der Waals surface area contributed by atoms with Gasteiger partial charge in [0.15, 0.2) is 18.9 Å². The topological polar surface area (TPSA) is 307 Å². The van der Waals surface area contributed by atoms with Gasteiger partial charge < -0.3 is 89.9 Å². The molecule has 0 bridgehead atoms. The molecule has 3 saturated heterocycles. The Morgan fingerprint density at radius 3 is 0.990 bits per heavy atom. The summed E-state index contributed by atoms with van der Waals surface area (Å²) in [5.74, 6) is -0.287. The highest BCUT2D eigenvalue weighted by Crippen LogP contribution is 2.33. The third-order valence-corrected chi connectivity index (χ3v) is 20.6. The molecule has 3 aliphatic heterocycles. The molecule has 3 fully saturated rings. The monoisotopic (exact) mass is 1440 g/mol. The van der Waals surface area contributed by atoms with Crippen LogP contribution in [0.2, 0.25) is 0 Å². The maximum absolute atomic E-state index is 13.5. The second kappa shape index (κ2) is 62.8. The van der Waals surface area contributed by atoms with Gasteiger partial charge in [-0.25, -0.2) is 0 Å². The summed E-state index contributed by atoms with van der Waals surface area (Å²) >= 11 is 0. The Morgan fingerprint density at radius 1 is 0.347 bits per heavy atom. The molecule has 0 aromatic carbocycles. The molecule has 592 valence electrons. The lowest BCUT2D eigenvalue weighted by Gasteiger charge is -2.48. The van der Waals surface area contributed by atoms with Crippen LogP contribution in [0.25, 0.3) is 0 Å². The largest absolute Gasteiger partial charge is 0.394 e. The third kappa shape index (κ3) is 42.8. The highest BCUT2D eigenvalue weighted by Gasteiger charge is 2.54. The van der Waals surface area contributed by atoms with Crippen LogP contribution >= 0.6 is 0 Å². The number of hydrogen-bond acceptors (Lipinski definition) is 18. The first-order valence-electron chi connectivity index (χ1n) is 41.4. The Balaban J connectivity index is 1.38. The first kappa shape index (κ1) is 93.0. The number of hydrogen-bond donors (Lipinski definition) is 12. The van der Waals surface area contributed by atoms with E-state index in [0.29, 0.717) is 12.8 Å². The van der Waals surface area contributed by atoms with Crippen LogP contribution in [0.1, 0.15) is 335 Å². The van der Waals surface area contributed by atoms with E-state index in [9.17, 15) is 61.0 Å². The third-order valence-electron chi connectivity index (χ3n) is 20.6. The van der Waals surface area contributed by atoms with Gasteiger partial charge in [-0.1, -0.05) is 306 Å². The van der Waals surface area contributed by atoms with E-state index in [1.54, 1.807) is 6.08 Å². The second-order valence-corrected chi connectivity index (χ2v) is 29.6. The number of carbonyl (C=O) groups excluding carboxylic acids is 1. The molecule has 19 heteroatoms. The molecule has 1 amide bonds. The van der Waals surface area contributed by atoms with Crippen LogP contribution in [-0.2, 0) is 33.2 Å². The van der Waals surface area contributed by atoms with Gasteiger partial charge in [-0.2, -0.15) is 0 Å². The van der Waals surface area contributed by atoms with Crippen molar-refractivity contribution in [3.63, 3.8) is 0 Å². The molecule has 17 atom stereocenters. The number of carbonyl (C=O) groups is 1. The van der Waals surface area contributed by atoms with Crippen molar-refractivity contribution in [1.82, 2.24) is 5.32 Å². The Kier molecular flexibility index (Phi) is 57.8. The molecule has 0 radical (unpaired) electrons. The molecular weight excluding hydrogens is 1290 g/mol. The summed E-state index contributed by atoms with van der Waals surface area (Å²) in [5, 5.41) is 121. The Labute approximate surface area is 612 Å². The number of allylic oxidation sites excluding steroid dienone is 7. The van der Waals surface area contributed by atoms with Crippen molar-refractivity contribution in [3.05, 3.63) is 48.6 Å². The first-order valence-corrected chi connectivity index (χ1v) is 41.4. The van der Waals surface area contributed by atoms with Gasteiger partial charge >= 0.3 is 0 Å². The molecule has 101 heavy (non-hydrogen) atoms. The number of amides is 1. The zero-order valence-electron chi connectivity index (χ0n) is 63.4. The molecule has 3 aliphatic rings. The predicted molar refractivity (Wildman–Crippen MR) is 402 cm³/mol. The molecule has 17 unspecified atom stereocenters. The number of aliphatic hydroxyl groups excluding tert-OH is 11. The number of aliphatic hydroxyl groups is 11. The maximum Gasteiger partial charge on any atom is 0.220 e. The van der Waals surface area contributed by atoms with E-state index < -0.39 is 124 Å². The maximum atomic E-state index is 13.5. The van der Waals surface area contributed by atoms with E-state index >= 15 is 0 Å². The molecular formula is C82H151NO18. The lowest BCUT2D eigenvalue weighted by Crippen LogP contribution is -2.66. The van der Waals surface area contributed by atoms with Crippen LogP contribution in [0.15, 0.2) is 48.6 Å². The molecule has 0 aromatic heterocycles. The lowest BCUT2D eigenvalue weighted by atomic mass is 9.96. The average Bonchev–Trinajstić information content (AvgIpc) is 0.782. The van der Waals surface area contributed by atoms with Crippen molar-refractivity contribution in [3.8, 4) is 0 Å². The minimum atomic E-state index is -1.98. The average molecular weight is 1440 g/mol. The number of rotatable bonds is 66. The standard InChI is InChI=1S/C82H151NO18/c1-3-5-7-9-11-13-15-17-19-21-23-25-27-28-29-30-31-32-33-34-35-36-38-39-41-43-45-47-49-51-53-55-57-59-66(87)65(83-70(88)60-58-56-54-52-50-48-46-44-42-40-37-26-24-22-20-18-16-14-12-10-8-6-4-2)64-96-80-76(94)73(91)78(68(62-85)98-80)101-82-77(95)74(92)79(69(63-86)99-82)100-81-75(93)72(90)71(89)67(61-84)97-81/h22,24,41,43,49,51,57,59,65-69,71-82,84-87,89-95H,3-21,23,25-40,42,44-48,50,52-56,58,60-64H2,1-2H3,(H,83,88)/b24-22-,43-41+,51-49+,59-57+. The van der Waals surface area contributed by atoms with Gasteiger partial charge in [-0.15, -0.1) is 0 Å². The van der Waals surface area contributed by atoms with Crippen LogP contribution in [0.3, 0.4) is 0 Å². The molecule has 0 aromatic rings. The van der Waals surface area contributed by atoms with E-state index in [4.69, 9.17) is 28.4 Å². The summed E-state index contributed by atoms with van der Waals surface area (Å²) in [6.45, 7) is 1.75. The van der Waals surface area contributed by atoms with Gasteiger partial charge in [0.25, 0.3) is 0 Å². The molecule has 19 nitrogen and oxygen atoms in total. The zero-order chi connectivity index (χ0) is 73.2. The Hall–Kier alpha value is -2.25. The molecule has 0 saturated carbocycles. The molecule has 12 N–H and O–H groups in total. The predicted octanol–water partition coefficient (Wildman–Crippen LogP) is 14.1. The Morgan fingerprint density at radius 2 is 0.634 bits per heavy atom. The molecule has 3 rings (SSSR count). The summed E-state index contributed by atoms with van der Waals surface area (Å²) in [7, 11) is 0. The van der Waals surface area contributed by atoms with Crippen LogP contribution in [0.5, 0.6) is 0 Å². The highest BCUT2D eigenvalue weighted by molar-refractivity contribution is 5.76. The minimum Gasteiger partial charge on any atom is -0.394 e. The van der Waals surface area contributed by atoms with E-state index in [0.717, 1.165) is 44.9 Å². The van der Waals surface area contributed by atoms with Crippen molar-refractivity contribution in [2.75, 3.05) is 26.4 Å². The summed E-state index contributed by atoms with van der Waals surface area (Å²) in [6, 6.07) is -0.999. The number of unbranched alkanes of at least 4 members (excludes halogenated alkanes) is 44. The summed E-state index contributed by atoms with van der Waals surface area (Å²) in [6.07, 6.45) is 52.6. The van der Waals surface area contributed by atoms with Gasteiger partial charge in [0, 0.05) is 6.42 Å². The van der Waals surface area contributed by atoms with E-state index in [2.05, 4.69) is 55.6 Å². The van der Waals surface area contributed by atoms with Gasteiger partial charge in [0.2, 0.25) is 5.91 Å². The van der Waals surface area contributed by atoms with Crippen molar-refractivity contribution < 1.29 is 89.4 Å². The fourth-order valence-electron chi connectivity index (χ4n) is 13.9. The summed E-state index contributed by atoms with van der Waals surface area (Å²) < 4.78 is 34.4. The van der Waals surface area contributed by atoms with Crippen molar-refractivity contribution in [2.24, 2.45) is 0 Å². The number of ether oxygens (including phenoxy) is 6. The summed E-state index contributed by atoms with van der Waals surface area (Å²) in [4.78, 5) is 13.5. The van der Waals surface area contributed by atoms with Gasteiger partial charge in [0.05, 0.1) is 38.6 Å². The van der Waals surface area contributed by atoms with Crippen molar-refractivity contribution in [2.45, 2.75) is 439 Å². The van der Waals surface area contributed by atoms with E-state index in [-0.39, 0.29) is 18.9 Å². The van der Waals surface area contributed by atoms with Gasteiger partial charge in [-0.05, 0) is 70.6 Å². The van der Waals surface area contributed by atoms with Gasteiger partial charge in [-0.3, -0.25) is 4.79 Å². The zero-order valence-corrected chi connectivity index (χ0v) is 63.4. The van der Waals surface area contributed by atoms with Crippen LogP contribution in [0.4, 0.5) is 0 Å². The van der Waals surface area contributed by atoms with Crippen molar-refractivity contribution >= 4 is 5.91 Å². The van der Waals surface area contributed by atoms with Gasteiger partial charge in [0.1, 0.15) is 73.2 Å². The van der Waals surface area contributed by atoms with Crippen LogP contribution in [-0.4, -0.2) is 193 Å². The first-order chi connectivity index (χ1) is 49.3. The normalized spacial score (nSPS) is 26.5. The van der Waals surface area contributed by atoms with Crippen LogP contribution in [0, 0.1) is 0 Å². The quantitative estimate of drug-likeness (QED) is 0.0199. The minimum absolute atomic E-state index is 0.232. The molecule has 0 aliphatic carbocycles.